The van der Waals surface area contributed by atoms with E-state index in [0.717, 1.165) is 38.9 Å². The molecule has 1 aromatic carbocycles. The van der Waals surface area contributed by atoms with Gasteiger partial charge in [-0.25, -0.2) is 8.42 Å². The van der Waals surface area contributed by atoms with Gasteiger partial charge in [-0.1, -0.05) is 31.5 Å². The molecule has 1 saturated heterocycles. The molecule has 0 N–H and O–H groups in total. The van der Waals surface area contributed by atoms with E-state index in [0.29, 0.717) is 18.0 Å². The highest BCUT2D eigenvalue weighted by Crippen LogP contribution is 2.20. The lowest BCUT2D eigenvalue weighted by atomic mass is 10.1. The van der Waals surface area contributed by atoms with E-state index in [1.165, 1.54) is 10.4 Å². The molecule has 0 saturated carbocycles. The lowest BCUT2D eigenvalue weighted by Gasteiger charge is -2.33. The zero-order valence-corrected chi connectivity index (χ0v) is 16.4. The van der Waals surface area contributed by atoms with E-state index < -0.39 is 10.0 Å². The van der Waals surface area contributed by atoms with Gasteiger partial charge in [0.2, 0.25) is 10.0 Å². The van der Waals surface area contributed by atoms with Gasteiger partial charge in [0.25, 0.3) is 0 Å². The molecular weight excluding hydrogens is 352 g/mol. The summed E-state index contributed by atoms with van der Waals surface area (Å²) in [6.45, 7) is 5.77. The van der Waals surface area contributed by atoms with Gasteiger partial charge in [-0.2, -0.15) is 4.31 Å². The highest BCUT2D eigenvalue weighted by atomic mass is 32.2. The van der Waals surface area contributed by atoms with Crippen LogP contribution in [0.15, 0.2) is 46.7 Å². The van der Waals surface area contributed by atoms with Crippen LogP contribution in [0.25, 0.3) is 0 Å². The quantitative estimate of drug-likeness (QED) is 0.739. The maximum atomic E-state index is 12.8. The second-order valence-corrected chi connectivity index (χ2v) is 9.48. The number of hydrogen-bond donors (Lipinski definition) is 0. The van der Waals surface area contributed by atoms with Crippen molar-refractivity contribution >= 4 is 21.4 Å². The summed E-state index contributed by atoms with van der Waals surface area (Å²) in [4.78, 5) is 4.07. The monoisotopic (exact) mass is 378 g/mol. The summed E-state index contributed by atoms with van der Waals surface area (Å²) < 4.78 is 27.3. The largest absolute Gasteiger partial charge is 0.296 e. The Morgan fingerprint density at radius 3 is 2.36 bits per heavy atom. The minimum absolute atomic E-state index is 0.416. The van der Waals surface area contributed by atoms with E-state index >= 15 is 0 Å². The third kappa shape index (κ3) is 4.70. The Labute approximate surface area is 155 Å². The van der Waals surface area contributed by atoms with Crippen molar-refractivity contribution in [2.24, 2.45) is 0 Å². The molecule has 0 unspecified atom stereocenters. The second-order valence-electron chi connectivity index (χ2n) is 6.51. The van der Waals surface area contributed by atoms with Crippen molar-refractivity contribution < 1.29 is 8.42 Å². The number of piperazine rings is 1. The normalized spacial score (nSPS) is 17.0. The molecule has 2 heterocycles. The maximum Gasteiger partial charge on any atom is 0.243 e. The van der Waals surface area contributed by atoms with E-state index in [1.54, 1.807) is 27.8 Å². The van der Waals surface area contributed by atoms with Crippen LogP contribution in [0.2, 0.25) is 0 Å². The summed E-state index contributed by atoms with van der Waals surface area (Å²) in [7, 11) is -3.38. The summed E-state index contributed by atoms with van der Waals surface area (Å²) in [5.41, 5.74) is 1.21. The fourth-order valence-electron chi connectivity index (χ4n) is 3.11. The fraction of sp³-hybridized carbons (Fsp3) is 0.474. The van der Waals surface area contributed by atoms with Crippen molar-refractivity contribution in [1.82, 2.24) is 9.21 Å². The first-order valence-electron chi connectivity index (χ1n) is 8.93. The SMILES string of the molecule is CCCCc1ccc(S(=O)(=O)N2CCN(Cc3cccs3)CC2)cc1. The van der Waals surface area contributed by atoms with E-state index in [2.05, 4.69) is 29.3 Å². The molecule has 1 fully saturated rings. The zero-order valence-electron chi connectivity index (χ0n) is 14.7. The van der Waals surface area contributed by atoms with Crippen LogP contribution in [0.5, 0.6) is 0 Å². The van der Waals surface area contributed by atoms with Gasteiger partial charge in [0.05, 0.1) is 4.90 Å². The Hall–Kier alpha value is -1.21. The average Bonchev–Trinajstić information content (AvgIpc) is 3.14. The number of thiophene rings is 1. The molecule has 1 aliphatic rings. The third-order valence-electron chi connectivity index (χ3n) is 4.67. The van der Waals surface area contributed by atoms with Crippen LogP contribution in [0.3, 0.4) is 0 Å². The molecule has 4 nitrogen and oxygen atoms in total. The van der Waals surface area contributed by atoms with Gasteiger partial charge >= 0.3 is 0 Å². The summed E-state index contributed by atoms with van der Waals surface area (Å²) >= 11 is 1.75. The van der Waals surface area contributed by atoms with E-state index in [-0.39, 0.29) is 0 Å². The van der Waals surface area contributed by atoms with Gasteiger partial charge in [-0.15, -0.1) is 11.3 Å². The van der Waals surface area contributed by atoms with Crippen LogP contribution in [0, 0.1) is 0 Å². The Morgan fingerprint density at radius 1 is 1.04 bits per heavy atom. The molecular formula is C19H26N2O2S2. The number of rotatable bonds is 7. The molecule has 0 amide bonds. The van der Waals surface area contributed by atoms with Crippen molar-refractivity contribution in [1.29, 1.82) is 0 Å². The second kappa shape index (κ2) is 8.45. The standard InChI is InChI=1S/C19H26N2O2S2/c1-2-3-5-17-7-9-19(10-8-17)25(22,23)21-13-11-20(12-14-21)16-18-6-4-15-24-18/h4,6-10,15H,2-3,5,11-14,16H2,1H3. The Balaban J connectivity index is 1.59. The zero-order chi connectivity index (χ0) is 17.7. The van der Waals surface area contributed by atoms with Gasteiger partial charge < -0.3 is 0 Å². The van der Waals surface area contributed by atoms with Crippen LogP contribution >= 0.6 is 11.3 Å². The molecule has 0 bridgehead atoms. The topological polar surface area (TPSA) is 40.6 Å². The Kier molecular flexibility index (Phi) is 6.28. The molecule has 0 radical (unpaired) electrons. The van der Waals surface area contributed by atoms with Crippen molar-refractivity contribution in [2.75, 3.05) is 26.2 Å². The molecule has 0 spiro atoms. The predicted molar refractivity (Wildman–Crippen MR) is 103 cm³/mol. The number of benzene rings is 1. The fourth-order valence-corrected chi connectivity index (χ4v) is 5.28. The molecule has 136 valence electrons. The van der Waals surface area contributed by atoms with Crippen LogP contribution in [-0.2, 0) is 23.0 Å². The van der Waals surface area contributed by atoms with Crippen LogP contribution in [0.1, 0.15) is 30.2 Å². The lowest BCUT2D eigenvalue weighted by molar-refractivity contribution is 0.183. The van der Waals surface area contributed by atoms with Gasteiger partial charge in [0, 0.05) is 37.6 Å². The summed E-state index contributed by atoms with van der Waals surface area (Å²) in [6.07, 6.45) is 3.30. The first-order valence-corrected chi connectivity index (χ1v) is 11.3. The van der Waals surface area contributed by atoms with Crippen LogP contribution in [-0.4, -0.2) is 43.8 Å². The molecule has 1 aliphatic heterocycles. The van der Waals surface area contributed by atoms with Gasteiger partial charge in [0.15, 0.2) is 0 Å². The Morgan fingerprint density at radius 2 is 1.76 bits per heavy atom. The number of hydrogen-bond acceptors (Lipinski definition) is 4. The van der Waals surface area contributed by atoms with Crippen molar-refractivity contribution in [3.05, 3.63) is 52.2 Å². The Bertz CT molecular complexity index is 747. The maximum absolute atomic E-state index is 12.8. The van der Waals surface area contributed by atoms with Gasteiger partial charge in [-0.05, 0) is 42.0 Å². The minimum Gasteiger partial charge on any atom is -0.296 e. The number of unbranched alkanes of at least 4 members (excludes halogenated alkanes) is 1. The van der Waals surface area contributed by atoms with Gasteiger partial charge in [-0.3, -0.25) is 4.90 Å². The smallest absolute Gasteiger partial charge is 0.243 e. The molecule has 0 aliphatic carbocycles. The van der Waals surface area contributed by atoms with Crippen LogP contribution < -0.4 is 0 Å². The average molecular weight is 379 g/mol. The van der Waals surface area contributed by atoms with Crippen molar-refractivity contribution in [3.63, 3.8) is 0 Å². The van der Waals surface area contributed by atoms with Crippen molar-refractivity contribution in [2.45, 2.75) is 37.6 Å². The van der Waals surface area contributed by atoms with Gasteiger partial charge in [0.1, 0.15) is 0 Å². The summed E-state index contributed by atoms with van der Waals surface area (Å²) in [6, 6.07) is 11.6. The lowest BCUT2D eigenvalue weighted by Crippen LogP contribution is -2.48. The summed E-state index contributed by atoms with van der Waals surface area (Å²) in [5.74, 6) is 0. The number of aryl methyl sites for hydroxylation is 1. The third-order valence-corrected chi connectivity index (χ3v) is 7.44. The minimum atomic E-state index is -3.38. The van der Waals surface area contributed by atoms with Crippen LogP contribution in [0.4, 0.5) is 0 Å². The summed E-state index contributed by atoms with van der Waals surface area (Å²) in [5, 5.41) is 2.08. The molecule has 0 atom stereocenters. The molecule has 1 aromatic heterocycles. The molecule has 3 rings (SSSR count). The predicted octanol–water partition coefficient (Wildman–Crippen LogP) is 3.60. The first kappa shape index (κ1) is 18.6. The van der Waals surface area contributed by atoms with E-state index in [1.807, 2.05) is 12.1 Å². The first-order chi connectivity index (χ1) is 12.1. The molecule has 6 heteroatoms. The van der Waals surface area contributed by atoms with Crippen molar-refractivity contribution in [3.8, 4) is 0 Å². The number of sulfonamides is 1. The number of nitrogens with zero attached hydrogens (tertiary/aromatic N) is 2. The molecule has 25 heavy (non-hydrogen) atoms. The highest BCUT2D eigenvalue weighted by Gasteiger charge is 2.28. The highest BCUT2D eigenvalue weighted by molar-refractivity contribution is 7.89. The van der Waals surface area contributed by atoms with E-state index in [9.17, 15) is 8.42 Å². The van der Waals surface area contributed by atoms with E-state index in [4.69, 9.17) is 0 Å². The molecule has 2 aromatic rings.